The van der Waals surface area contributed by atoms with Crippen molar-refractivity contribution in [3.05, 3.63) is 56.0 Å². The van der Waals surface area contributed by atoms with Gasteiger partial charge in [0.2, 0.25) is 12.5 Å². The molecule has 0 atom stereocenters. The quantitative estimate of drug-likeness (QED) is 0.517. The fourth-order valence-electron chi connectivity index (χ4n) is 2.08. The smallest absolute Gasteiger partial charge is 0.376 e. The topological polar surface area (TPSA) is 121 Å². The Bertz CT molecular complexity index is 872. The van der Waals surface area contributed by atoms with E-state index in [2.05, 4.69) is 4.98 Å². The number of aryl methyl sites for hydroxylation is 1. The largest absolute Gasteiger partial charge is 0.454 e. The third-order valence-corrected chi connectivity index (χ3v) is 3.10. The second-order valence-electron chi connectivity index (χ2n) is 4.71. The molecule has 23 heavy (non-hydrogen) atoms. The Morgan fingerprint density at radius 3 is 2.78 bits per heavy atom. The summed E-state index contributed by atoms with van der Waals surface area (Å²) >= 11 is 0. The first-order valence-corrected chi connectivity index (χ1v) is 6.46. The lowest BCUT2D eigenvalue weighted by atomic mass is 10.2. The fraction of sp³-hybridized carbons (Fsp3) is 0.143. The van der Waals surface area contributed by atoms with Crippen LogP contribution in [0.25, 0.3) is 0 Å². The van der Waals surface area contributed by atoms with Crippen LogP contribution >= 0.6 is 0 Å². The molecule has 2 aromatic rings. The summed E-state index contributed by atoms with van der Waals surface area (Å²) in [5.74, 6) is -0.411. The Labute approximate surface area is 128 Å². The zero-order valence-corrected chi connectivity index (χ0v) is 11.8. The Kier molecular flexibility index (Phi) is 3.45. The first kappa shape index (κ1) is 14.6. The number of esters is 1. The molecule has 1 aromatic heterocycles. The van der Waals surface area contributed by atoms with Gasteiger partial charge in [-0.1, -0.05) is 0 Å². The van der Waals surface area contributed by atoms with Gasteiger partial charge in [-0.05, 0) is 25.1 Å². The molecule has 0 spiro atoms. The average Bonchev–Trinajstić information content (AvgIpc) is 2.93. The van der Waals surface area contributed by atoms with Crippen molar-refractivity contribution >= 4 is 11.7 Å². The maximum absolute atomic E-state index is 12.2. The van der Waals surface area contributed by atoms with Crippen molar-refractivity contribution in [3.8, 4) is 17.2 Å². The van der Waals surface area contributed by atoms with Crippen molar-refractivity contribution in [2.45, 2.75) is 6.92 Å². The summed E-state index contributed by atoms with van der Waals surface area (Å²) in [4.78, 5) is 36.2. The molecule has 0 aliphatic carbocycles. The fourth-order valence-corrected chi connectivity index (χ4v) is 2.08. The van der Waals surface area contributed by atoms with Crippen LogP contribution in [0.5, 0.6) is 17.2 Å². The lowest BCUT2D eigenvalue weighted by molar-refractivity contribution is -0.387. The molecule has 0 amide bonds. The van der Waals surface area contributed by atoms with Crippen LogP contribution in [0.15, 0.2) is 29.1 Å². The molecule has 0 unspecified atom stereocenters. The standard InChI is InChI=1S/C14H10N2O7/c1-7-4-11(12(16(19)20)13(17)15-7)23-14(18)8-2-3-9-10(5-8)22-6-21-9/h2-5H,6H2,1H3,(H,15,17). The van der Waals surface area contributed by atoms with Gasteiger partial charge in [0.1, 0.15) is 0 Å². The summed E-state index contributed by atoms with van der Waals surface area (Å²) in [6, 6.07) is 5.57. The van der Waals surface area contributed by atoms with Crippen LogP contribution in [-0.2, 0) is 0 Å². The first-order chi connectivity index (χ1) is 11.0. The number of hydrogen-bond acceptors (Lipinski definition) is 7. The number of ether oxygens (including phenoxy) is 3. The van der Waals surface area contributed by atoms with Crippen LogP contribution in [0.2, 0.25) is 0 Å². The second-order valence-corrected chi connectivity index (χ2v) is 4.71. The van der Waals surface area contributed by atoms with Crippen molar-refractivity contribution < 1.29 is 23.9 Å². The lowest BCUT2D eigenvalue weighted by Crippen LogP contribution is -2.17. The van der Waals surface area contributed by atoms with Crippen molar-refractivity contribution in [2.24, 2.45) is 0 Å². The van der Waals surface area contributed by atoms with Crippen LogP contribution in [0.4, 0.5) is 5.69 Å². The van der Waals surface area contributed by atoms with Gasteiger partial charge >= 0.3 is 17.2 Å². The van der Waals surface area contributed by atoms with Gasteiger partial charge in [-0.3, -0.25) is 14.9 Å². The highest BCUT2D eigenvalue weighted by Gasteiger charge is 2.25. The molecule has 1 aliphatic rings. The number of benzene rings is 1. The Morgan fingerprint density at radius 2 is 2.04 bits per heavy atom. The van der Waals surface area contributed by atoms with Gasteiger partial charge in [-0.15, -0.1) is 0 Å². The van der Waals surface area contributed by atoms with E-state index in [0.717, 1.165) is 0 Å². The van der Waals surface area contributed by atoms with Crippen LogP contribution in [0.3, 0.4) is 0 Å². The third kappa shape index (κ3) is 2.71. The molecule has 0 fully saturated rings. The van der Waals surface area contributed by atoms with E-state index in [4.69, 9.17) is 14.2 Å². The monoisotopic (exact) mass is 318 g/mol. The van der Waals surface area contributed by atoms with Crippen molar-refractivity contribution in [1.82, 2.24) is 4.98 Å². The van der Waals surface area contributed by atoms with E-state index in [1.807, 2.05) is 0 Å². The minimum atomic E-state index is -0.941. The number of rotatable bonds is 3. The number of nitrogens with zero attached hydrogens (tertiary/aromatic N) is 1. The van der Waals surface area contributed by atoms with E-state index in [1.54, 1.807) is 0 Å². The molecule has 9 heteroatoms. The summed E-state index contributed by atoms with van der Waals surface area (Å²) in [6.45, 7) is 1.57. The van der Waals surface area contributed by atoms with E-state index < -0.39 is 27.9 Å². The molecule has 0 saturated carbocycles. The summed E-state index contributed by atoms with van der Waals surface area (Å²) < 4.78 is 15.3. The van der Waals surface area contributed by atoms with Crippen molar-refractivity contribution in [2.75, 3.05) is 6.79 Å². The Morgan fingerprint density at radius 1 is 1.30 bits per heavy atom. The average molecular weight is 318 g/mol. The number of H-pyrrole nitrogens is 1. The number of aromatic amines is 1. The molecule has 0 radical (unpaired) electrons. The zero-order chi connectivity index (χ0) is 16.6. The molecule has 1 aliphatic heterocycles. The van der Waals surface area contributed by atoms with Crippen molar-refractivity contribution in [1.29, 1.82) is 0 Å². The highest BCUT2D eigenvalue weighted by molar-refractivity contribution is 5.92. The van der Waals surface area contributed by atoms with E-state index in [-0.39, 0.29) is 12.4 Å². The highest BCUT2D eigenvalue weighted by atomic mass is 16.7. The van der Waals surface area contributed by atoms with E-state index in [9.17, 15) is 19.7 Å². The van der Waals surface area contributed by atoms with Crippen LogP contribution in [-0.4, -0.2) is 22.7 Å². The number of carbonyl (C=O) groups excluding carboxylic acids is 1. The zero-order valence-electron chi connectivity index (χ0n) is 11.8. The third-order valence-electron chi connectivity index (χ3n) is 3.10. The van der Waals surface area contributed by atoms with Gasteiger partial charge in [0.25, 0.3) is 0 Å². The maximum Gasteiger partial charge on any atom is 0.376 e. The summed E-state index contributed by atoms with van der Waals surface area (Å²) in [5.41, 5.74) is -1.33. The normalized spacial score (nSPS) is 12.0. The minimum Gasteiger partial charge on any atom is -0.454 e. The Hall–Kier alpha value is -3.36. The minimum absolute atomic E-state index is 0.0482. The van der Waals surface area contributed by atoms with Gasteiger partial charge in [-0.25, -0.2) is 4.79 Å². The van der Waals surface area contributed by atoms with Gasteiger partial charge in [0.15, 0.2) is 11.5 Å². The number of pyridine rings is 1. The number of fused-ring (bicyclic) bond motifs is 1. The van der Waals surface area contributed by atoms with Crippen molar-refractivity contribution in [3.63, 3.8) is 0 Å². The molecule has 0 bridgehead atoms. The van der Waals surface area contributed by atoms with Gasteiger partial charge in [0, 0.05) is 11.8 Å². The van der Waals surface area contributed by atoms with Gasteiger partial charge < -0.3 is 19.2 Å². The molecule has 0 saturated heterocycles. The number of nitro groups is 1. The summed E-state index contributed by atoms with van der Waals surface area (Å²) in [6.07, 6.45) is 0. The molecule has 9 nitrogen and oxygen atoms in total. The van der Waals surface area contributed by atoms with E-state index in [1.165, 1.54) is 31.2 Å². The van der Waals surface area contributed by atoms with E-state index >= 15 is 0 Å². The van der Waals surface area contributed by atoms with Crippen LogP contribution < -0.4 is 19.8 Å². The predicted molar refractivity (Wildman–Crippen MR) is 76.0 cm³/mol. The number of nitrogens with one attached hydrogen (secondary N) is 1. The molecule has 2 heterocycles. The first-order valence-electron chi connectivity index (χ1n) is 6.46. The molecule has 118 valence electrons. The second kappa shape index (κ2) is 5.44. The molecular weight excluding hydrogens is 308 g/mol. The van der Waals surface area contributed by atoms with Crippen LogP contribution in [0.1, 0.15) is 16.1 Å². The molecule has 3 rings (SSSR count). The lowest BCUT2D eigenvalue weighted by Gasteiger charge is -2.06. The highest BCUT2D eigenvalue weighted by Crippen LogP contribution is 2.33. The van der Waals surface area contributed by atoms with Gasteiger partial charge in [0.05, 0.1) is 10.5 Å². The summed E-state index contributed by atoms with van der Waals surface area (Å²) in [7, 11) is 0. The Balaban J connectivity index is 1.94. The van der Waals surface area contributed by atoms with Crippen LogP contribution in [0, 0.1) is 17.0 Å². The van der Waals surface area contributed by atoms with Gasteiger partial charge in [-0.2, -0.15) is 0 Å². The molecule has 1 aromatic carbocycles. The van der Waals surface area contributed by atoms with E-state index in [0.29, 0.717) is 17.2 Å². The maximum atomic E-state index is 12.2. The molecular formula is C14H10N2O7. The predicted octanol–water partition coefficient (Wildman–Crippen LogP) is 1.54. The molecule has 1 N–H and O–H groups in total. The summed E-state index contributed by atoms with van der Waals surface area (Å²) in [5, 5.41) is 11.0. The number of carbonyl (C=O) groups is 1. The number of hydrogen-bond donors (Lipinski definition) is 1. The number of aromatic nitrogens is 1. The SMILES string of the molecule is Cc1cc(OC(=O)c2ccc3c(c2)OCO3)c([N+](=O)[O-])c(=O)[nH]1.